The number of amides is 1. The lowest BCUT2D eigenvalue weighted by molar-refractivity contribution is 0.102. The van der Waals surface area contributed by atoms with Crippen molar-refractivity contribution in [3.63, 3.8) is 0 Å². The maximum absolute atomic E-state index is 13.7. The molecule has 0 unspecified atom stereocenters. The van der Waals surface area contributed by atoms with Crippen LogP contribution in [0.1, 0.15) is 23.0 Å². The highest BCUT2D eigenvalue weighted by atomic mass is 19.1. The molecule has 0 fully saturated rings. The van der Waals surface area contributed by atoms with E-state index in [1.807, 2.05) is 6.92 Å². The summed E-state index contributed by atoms with van der Waals surface area (Å²) in [7, 11) is 0. The first kappa shape index (κ1) is 18.3. The number of carbonyl (C=O) groups is 1. The number of ether oxygens (including phenoxy) is 1. The molecule has 1 aromatic heterocycles. The fourth-order valence-corrected chi connectivity index (χ4v) is 2.38. The highest BCUT2D eigenvalue weighted by molar-refractivity contribution is 6.02. The fraction of sp³-hybridized carbons (Fsp3) is 0.150. The zero-order valence-corrected chi connectivity index (χ0v) is 14.8. The molecule has 0 aliphatic rings. The van der Waals surface area contributed by atoms with Crippen LogP contribution in [0, 0.1) is 5.82 Å². The monoisotopic (exact) mass is 366 g/mol. The molecule has 2 aromatic carbocycles. The summed E-state index contributed by atoms with van der Waals surface area (Å²) in [5.74, 6) is 0.305. The predicted molar refractivity (Wildman–Crippen MR) is 101 cm³/mol. The van der Waals surface area contributed by atoms with E-state index < -0.39 is 0 Å². The molecule has 6 nitrogen and oxygen atoms in total. The van der Waals surface area contributed by atoms with E-state index in [4.69, 9.17) is 4.74 Å². The molecule has 27 heavy (non-hydrogen) atoms. The van der Waals surface area contributed by atoms with Gasteiger partial charge in [-0.1, -0.05) is 18.2 Å². The standard InChI is InChI=1S/C20H19FN4O2/c1-2-27-16-9-7-15(8-10-16)24-19(26)18-11-12-22-20(25-18)23-13-14-5-3-4-6-17(14)21/h3-12H,2,13H2,1H3,(H,24,26)(H,22,23,25). The molecule has 1 amide bonds. The lowest BCUT2D eigenvalue weighted by Gasteiger charge is -2.09. The lowest BCUT2D eigenvalue weighted by atomic mass is 10.2. The third kappa shape index (κ3) is 5.01. The Labute approximate surface area is 156 Å². The summed E-state index contributed by atoms with van der Waals surface area (Å²) in [4.78, 5) is 20.6. The first-order valence-electron chi connectivity index (χ1n) is 8.50. The largest absolute Gasteiger partial charge is 0.494 e. The van der Waals surface area contributed by atoms with Crippen LogP contribution >= 0.6 is 0 Å². The van der Waals surface area contributed by atoms with Crippen molar-refractivity contribution in [1.82, 2.24) is 9.97 Å². The Hall–Kier alpha value is -3.48. The maximum Gasteiger partial charge on any atom is 0.274 e. The van der Waals surface area contributed by atoms with Gasteiger partial charge in [0.2, 0.25) is 5.95 Å². The smallest absolute Gasteiger partial charge is 0.274 e. The summed E-state index contributed by atoms with van der Waals surface area (Å²) < 4.78 is 19.0. The van der Waals surface area contributed by atoms with E-state index in [9.17, 15) is 9.18 Å². The van der Waals surface area contributed by atoms with Crippen molar-refractivity contribution in [2.45, 2.75) is 13.5 Å². The van der Waals surface area contributed by atoms with E-state index in [2.05, 4.69) is 20.6 Å². The number of hydrogen-bond donors (Lipinski definition) is 2. The Kier molecular flexibility index (Phi) is 5.94. The third-order valence-corrected chi connectivity index (χ3v) is 3.71. The fourth-order valence-electron chi connectivity index (χ4n) is 2.38. The van der Waals surface area contributed by atoms with Crippen LogP contribution < -0.4 is 15.4 Å². The van der Waals surface area contributed by atoms with E-state index in [0.717, 1.165) is 5.75 Å². The molecule has 0 aliphatic carbocycles. The van der Waals surface area contributed by atoms with Crippen LogP contribution in [0.5, 0.6) is 5.75 Å². The normalized spacial score (nSPS) is 10.3. The third-order valence-electron chi connectivity index (χ3n) is 3.71. The molecule has 3 aromatic rings. The summed E-state index contributed by atoms with van der Waals surface area (Å²) >= 11 is 0. The predicted octanol–water partition coefficient (Wildman–Crippen LogP) is 3.88. The van der Waals surface area contributed by atoms with E-state index in [0.29, 0.717) is 17.9 Å². The van der Waals surface area contributed by atoms with Gasteiger partial charge in [0.05, 0.1) is 6.61 Å². The molecule has 1 heterocycles. The van der Waals surface area contributed by atoms with Gasteiger partial charge in [0, 0.05) is 24.0 Å². The van der Waals surface area contributed by atoms with E-state index >= 15 is 0 Å². The number of anilines is 2. The molecular weight excluding hydrogens is 347 g/mol. The van der Waals surface area contributed by atoms with E-state index in [1.165, 1.54) is 18.3 Å². The summed E-state index contributed by atoms with van der Waals surface area (Å²) in [6.45, 7) is 2.70. The van der Waals surface area contributed by atoms with Crippen molar-refractivity contribution in [1.29, 1.82) is 0 Å². The van der Waals surface area contributed by atoms with Crippen molar-refractivity contribution in [2.75, 3.05) is 17.2 Å². The second kappa shape index (κ2) is 8.75. The van der Waals surface area contributed by atoms with Gasteiger partial charge in [-0.2, -0.15) is 0 Å². The van der Waals surface area contributed by atoms with Crippen LogP contribution in [0.2, 0.25) is 0 Å². The Morgan fingerprint density at radius 2 is 1.89 bits per heavy atom. The van der Waals surface area contributed by atoms with Crippen LogP contribution in [0.25, 0.3) is 0 Å². The summed E-state index contributed by atoms with van der Waals surface area (Å²) in [6, 6.07) is 15.0. The summed E-state index contributed by atoms with van der Waals surface area (Å²) in [5, 5.41) is 5.69. The van der Waals surface area contributed by atoms with Gasteiger partial charge in [-0.05, 0) is 43.3 Å². The highest BCUT2D eigenvalue weighted by Crippen LogP contribution is 2.16. The Morgan fingerprint density at radius 3 is 2.63 bits per heavy atom. The number of nitrogens with zero attached hydrogens (tertiary/aromatic N) is 2. The van der Waals surface area contributed by atoms with Crippen LogP contribution in [0.4, 0.5) is 16.0 Å². The average molecular weight is 366 g/mol. The van der Waals surface area contributed by atoms with E-state index in [1.54, 1.807) is 42.5 Å². The van der Waals surface area contributed by atoms with Crippen molar-refractivity contribution >= 4 is 17.5 Å². The zero-order valence-electron chi connectivity index (χ0n) is 14.8. The molecule has 0 atom stereocenters. The number of aromatic nitrogens is 2. The van der Waals surface area contributed by atoms with Crippen molar-refractivity contribution in [2.24, 2.45) is 0 Å². The first-order valence-corrected chi connectivity index (χ1v) is 8.50. The van der Waals surface area contributed by atoms with Crippen LogP contribution in [0.15, 0.2) is 60.8 Å². The molecule has 2 N–H and O–H groups in total. The second-order valence-corrected chi connectivity index (χ2v) is 5.62. The topological polar surface area (TPSA) is 76.1 Å². The number of benzene rings is 2. The molecule has 3 rings (SSSR count). The van der Waals surface area contributed by atoms with E-state index in [-0.39, 0.29) is 29.9 Å². The highest BCUT2D eigenvalue weighted by Gasteiger charge is 2.10. The van der Waals surface area contributed by atoms with Gasteiger partial charge in [-0.3, -0.25) is 4.79 Å². The zero-order chi connectivity index (χ0) is 19.1. The Morgan fingerprint density at radius 1 is 1.11 bits per heavy atom. The molecule has 0 spiro atoms. The Balaban J connectivity index is 1.63. The number of halogens is 1. The summed E-state index contributed by atoms with van der Waals surface area (Å²) in [5.41, 5.74) is 1.32. The maximum atomic E-state index is 13.7. The van der Waals surface area contributed by atoms with Crippen molar-refractivity contribution < 1.29 is 13.9 Å². The quantitative estimate of drug-likeness (QED) is 0.664. The molecule has 0 bridgehead atoms. The molecule has 7 heteroatoms. The minimum absolute atomic E-state index is 0.204. The summed E-state index contributed by atoms with van der Waals surface area (Å²) in [6.07, 6.45) is 1.48. The minimum Gasteiger partial charge on any atom is -0.494 e. The molecule has 0 saturated heterocycles. The average Bonchev–Trinajstić information content (AvgIpc) is 2.69. The van der Waals surface area contributed by atoms with Gasteiger partial charge >= 0.3 is 0 Å². The van der Waals surface area contributed by atoms with Gasteiger partial charge in [-0.25, -0.2) is 14.4 Å². The van der Waals surface area contributed by atoms with Crippen LogP contribution in [-0.4, -0.2) is 22.5 Å². The first-order chi connectivity index (χ1) is 13.2. The van der Waals surface area contributed by atoms with Crippen LogP contribution in [0.3, 0.4) is 0 Å². The molecular formula is C20H19FN4O2. The Bertz CT molecular complexity index is 916. The minimum atomic E-state index is -0.365. The van der Waals surface area contributed by atoms with Crippen molar-refractivity contribution in [3.8, 4) is 5.75 Å². The molecule has 138 valence electrons. The number of nitrogens with one attached hydrogen (secondary N) is 2. The number of carbonyl (C=O) groups excluding carboxylic acids is 1. The van der Waals surface area contributed by atoms with Gasteiger partial charge in [0.15, 0.2) is 0 Å². The van der Waals surface area contributed by atoms with Gasteiger partial charge < -0.3 is 15.4 Å². The van der Waals surface area contributed by atoms with Crippen molar-refractivity contribution in [3.05, 3.63) is 77.9 Å². The van der Waals surface area contributed by atoms with Gasteiger partial charge in [0.25, 0.3) is 5.91 Å². The second-order valence-electron chi connectivity index (χ2n) is 5.62. The number of rotatable bonds is 7. The molecule has 0 saturated carbocycles. The lowest BCUT2D eigenvalue weighted by Crippen LogP contribution is -2.15. The number of hydrogen-bond acceptors (Lipinski definition) is 5. The van der Waals surface area contributed by atoms with Gasteiger partial charge in [0.1, 0.15) is 17.3 Å². The molecule has 0 radical (unpaired) electrons. The molecule has 0 aliphatic heterocycles. The van der Waals surface area contributed by atoms with Crippen LogP contribution in [-0.2, 0) is 6.54 Å². The SMILES string of the molecule is CCOc1ccc(NC(=O)c2ccnc(NCc3ccccc3F)n2)cc1. The van der Waals surface area contributed by atoms with Gasteiger partial charge in [-0.15, -0.1) is 0 Å².